The third-order valence-electron chi connectivity index (χ3n) is 1.69. The zero-order valence-electron chi connectivity index (χ0n) is 8.66. The summed E-state index contributed by atoms with van der Waals surface area (Å²) in [6.07, 6.45) is 0. The molecule has 0 radical (unpaired) electrons. The van der Waals surface area contributed by atoms with Crippen molar-refractivity contribution in [3.63, 3.8) is 0 Å². The van der Waals surface area contributed by atoms with Gasteiger partial charge in [0.2, 0.25) is 0 Å². The summed E-state index contributed by atoms with van der Waals surface area (Å²) in [5.74, 6) is -0.307. The zero-order valence-corrected chi connectivity index (χ0v) is 10.2. The average molecular weight is 284 g/mol. The summed E-state index contributed by atoms with van der Waals surface area (Å²) in [6.45, 7) is 2.15. The van der Waals surface area contributed by atoms with Crippen LogP contribution in [0.5, 0.6) is 0 Å². The summed E-state index contributed by atoms with van der Waals surface area (Å²) in [7, 11) is 0. The summed E-state index contributed by atoms with van der Waals surface area (Å²) in [5, 5.41) is 11.6. The molecule has 6 heteroatoms. The molecule has 0 unspecified atom stereocenters. The average Bonchev–Trinajstić information content (AvgIpc) is 2.25. The van der Waals surface area contributed by atoms with Gasteiger partial charge in [-0.05, 0) is 28.1 Å². The Morgan fingerprint density at radius 3 is 3.00 bits per heavy atom. The van der Waals surface area contributed by atoms with Crippen LogP contribution < -0.4 is 5.32 Å². The Balaban J connectivity index is 2.49. The topological polar surface area (TPSA) is 75.0 Å². The first-order valence-electron chi connectivity index (χ1n) is 4.57. The standard InChI is InChI=1S/C10H10BrN3O2/c1-7(15)16-5-4-13-9-3-2-8(6-12)14-10(9)11/h2-3,13H,4-5H2,1H3. The lowest BCUT2D eigenvalue weighted by Gasteiger charge is -2.07. The van der Waals surface area contributed by atoms with Crippen LogP contribution in [0.25, 0.3) is 0 Å². The molecule has 0 bridgehead atoms. The Labute approximate surface area is 102 Å². The second kappa shape index (κ2) is 6.08. The minimum Gasteiger partial charge on any atom is -0.464 e. The maximum Gasteiger partial charge on any atom is 0.302 e. The second-order valence-electron chi connectivity index (χ2n) is 2.91. The van der Waals surface area contributed by atoms with E-state index in [4.69, 9.17) is 10.00 Å². The van der Waals surface area contributed by atoms with Gasteiger partial charge in [0.25, 0.3) is 0 Å². The van der Waals surface area contributed by atoms with E-state index in [2.05, 4.69) is 26.2 Å². The molecule has 0 saturated carbocycles. The zero-order chi connectivity index (χ0) is 12.0. The van der Waals surface area contributed by atoms with Gasteiger partial charge in [-0.2, -0.15) is 5.26 Å². The number of nitriles is 1. The smallest absolute Gasteiger partial charge is 0.302 e. The fraction of sp³-hybridized carbons (Fsp3) is 0.300. The molecule has 0 aliphatic rings. The number of carbonyl (C=O) groups excluding carboxylic acids is 1. The van der Waals surface area contributed by atoms with Gasteiger partial charge in [0, 0.05) is 13.5 Å². The number of pyridine rings is 1. The van der Waals surface area contributed by atoms with Crippen molar-refractivity contribution in [1.29, 1.82) is 5.26 Å². The van der Waals surface area contributed by atoms with Crippen LogP contribution in [0.3, 0.4) is 0 Å². The Bertz CT molecular complexity index is 429. The van der Waals surface area contributed by atoms with Gasteiger partial charge >= 0.3 is 5.97 Å². The van der Waals surface area contributed by atoms with Crippen LogP contribution >= 0.6 is 15.9 Å². The molecule has 0 aliphatic carbocycles. The van der Waals surface area contributed by atoms with E-state index in [1.165, 1.54) is 6.92 Å². The van der Waals surface area contributed by atoms with Crippen molar-refractivity contribution in [2.75, 3.05) is 18.5 Å². The second-order valence-corrected chi connectivity index (χ2v) is 3.66. The first kappa shape index (κ1) is 12.5. The molecule has 1 aromatic rings. The number of rotatable bonds is 4. The maximum atomic E-state index is 10.5. The fourth-order valence-corrected chi connectivity index (χ4v) is 1.47. The van der Waals surface area contributed by atoms with Crippen molar-refractivity contribution >= 4 is 27.6 Å². The van der Waals surface area contributed by atoms with Gasteiger partial charge in [-0.15, -0.1) is 0 Å². The summed E-state index contributed by atoms with van der Waals surface area (Å²) in [5.41, 5.74) is 1.10. The highest BCUT2D eigenvalue weighted by Gasteiger charge is 2.02. The Morgan fingerprint density at radius 1 is 1.69 bits per heavy atom. The number of esters is 1. The van der Waals surface area contributed by atoms with E-state index in [0.717, 1.165) is 5.69 Å². The minimum absolute atomic E-state index is 0.293. The number of halogens is 1. The van der Waals surface area contributed by atoms with Crippen molar-refractivity contribution in [3.05, 3.63) is 22.4 Å². The van der Waals surface area contributed by atoms with Gasteiger partial charge in [0.05, 0.1) is 5.69 Å². The van der Waals surface area contributed by atoms with E-state index < -0.39 is 0 Å². The van der Waals surface area contributed by atoms with Crippen molar-refractivity contribution < 1.29 is 9.53 Å². The van der Waals surface area contributed by atoms with E-state index >= 15 is 0 Å². The lowest BCUT2D eigenvalue weighted by Crippen LogP contribution is -2.12. The number of hydrogen-bond acceptors (Lipinski definition) is 5. The third kappa shape index (κ3) is 3.87. The van der Waals surface area contributed by atoms with Gasteiger partial charge in [0.1, 0.15) is 23.0 Å². The molecular weight excluding hydrogens is 274 g/mol. The first-order chi connectivity index (χ1) is 7.63. The lowest BCUT2D eigenvalue weighted by atomic mass is 10.3. The lowest BCUT2D eigenvalue weighted by molar-refractivity contribution is -0.140. The largest absolute Gasteiger partial charge is 0.464 e. The van der Waals surface area contributed by atoms with Crippen molar-refractivity contribution in [2.45, 2.75) is 6.92 Å². The molecular formula is C10H10BrN3O2. The van der Waals surface area contributed by atoms with Crippen LogP contribution in [0.2, 0.25) is 0 Å². The molecule has 84 valence electrons. The van der Waals surface area contributed by atoms with Crippen LogP contribution in [0.15, 0.2) is 16.7 Å². The highest BCUT2D eigenvalue weighted by atomic mass is 79.9. The normalized spacial score (nSPS) is 9.31. The molecule has 1 N–H and O–H groups in total. The van der Waals surface area contributed by atoms with Crippen molar-refractivity contribution in [1.82, 2.24) is 4.98 Å². The monoisotopic (exact) mass is 283 g/mol. The quantitative estimate of drug-likeness (QED) is 0.517. The third-order valence-corrected chi connectivity index (χ3v) is 2.29. The molecule has 0 aliphatic heterocycles. The number of hydrogen-bond donors (Lipinski definition) is 1. The van der Waals surface area contributed by atoms with Gasteiger partial charge in [-0.3, -0.25) is 4.79 Å². The van der Waals surface area contributed by atoms with E-state index in [-0.39, 0.29) is 5.97 Å². The number of aromatic nitrogens is 1. The maximum absolute atomic E-state index is 10.5. The number of nitrogens with zero attached hydrogens (tertiary/aromatic N) is 2. The fourth-order valence-electron chi connectivity index (χ4n) is 1.01. The highest BCUT2D eigenvalue weighted by Crippen LogP contribution is 2.19. The summed E-state index contributed by atoms with van der Waals surface area (Å²) in [6, 6.07) is 5.29. The number of carbonyl (C=O) groups is 1. The van der Waals surface area contributed by atoms with Gasteiger partial charge in [-0.1, -0.05) is 0 Å². The van der Waals surface area contributed by atoms with E-state index in [1.807, 2.05) is 6.07 Å². The number of ether oxygens (including phenoxy) is 1. The van der Waals surface area contributed by atoms with E-state index in [9.17, 15) is 4.79 Å². The van der Waals surface area contributed by atoms with Crippen LogP contribution in [-0.2, 0) is 9.53 Å². The molecule has 16 heavy (non-hydrogen) atoms. The summed E-state index contributed by atoms with van der Waals surface area (Å²) in [4.78, 5) is 14.5. The molecule has 1 aromatic heterocycles. The molecule has 0 fully saturated rings. The number of nitrogens with one attached hydrogen (secondary N) is 1. The molecule has 5 nitrogen and oxygen atoms in total. The van der Waals surface area contributed by atoms with Gasteiger partial charge in [0.15, 0.2) is 0 Å². The molecule has 1 rings (SSSR count). The SMILES string of the molecule is CC(=O)OCCNc1ccc(C#N)nc1Br. The van der Waals surface area contributed by atoms with E-state index in [0.29, 0.717) is 23.4 Å². The highest BCUT2D eigenvalue weighted by molar-refractivity contribution is 9.10. The van der Waals surface area contributed by atoms with Crippen LogP contribution in [0, 0.1) is 11.3 Å². The predicted octanol–water partition coefficient (Wildman–Crippen LogP) is 1.69. The summed E-state index contributed by atoms with van der Waals surface area (Å²) >= 11 is 3.24. The molecule has 1 heterocycles. The van der Waals surface area contributed by atoms with E-state index in [1.54, 1.807) is 12.1 Å². The van der Waals surface area contributed by atoms with Gasteiger partial charge < -0.3 is 10.1 Å². The molecule has 0 saturated heterocycles. The molecule has 0 aromatic carbocycles. The Kier molecular flexibility index (Phi) is 4.73. The van der Waals surface area contributed by atoms with Crippen molar-refractivity contribution in [2.24, 2.45) is 0 Å². The van der Waals surface area contributed by atoms with Crippen LogP contribution in [-0.4, -0.2) is 24.1 Å². The van der Waals surface area contributed by atoms with Crippen molar-refractivity contribution in [3.8, 4) is 6.07 Å². The Morgan fingerprint density at radius 2 is 2.44 bits per heavy atom. The molecule has 0 spiro atoms. The summed E-state index contributed by atoms with van der Waals surface area (Å²) < 4.78 is 5.32. The Hall–Kier alpha value is -1.61. The van der Waals surface area contributed by atoms with Crippen LogP contribution in [0.4, 0.5) is 5.69 Å². The minimum atomic E-state index is -0.307. The predicted molar refractivity (Wildman–Crippen MR) is 61.8 cm³/mol. The van der Waals surface area contributed by atoms with Gasteiger partial charge in [-0.25, -0.2) is 4.98 Å². The first-order valence-corrected chi connectivity index (χ1v) is 5.36. The van der Waals surface area contributed by atoms with Crippen LogP contribution in [0.1, 0.15) is 12.6 Å². The molecule has 0 amide bonds. The number of anilines is 1. The molecule has 0 atom stereocenters.